The minimum absolute atomic E-state index is 0.0403. The molecule has 4 aromatic rings. The summed E-state index contributed by atoms with van der Waals surface area (Å²) >= 11 is 0. The molecule has 1 fully saturated rings. The second-order valence-electron chi connectivity index (χ2n) is 9.90. The van der Waals surface area contributed by atoms with Gasteiger partial charge < -0.3 is 10.2 Å². The van der Waals surface area contributed by atoms with Crippen molar-refractivity contribution in [3.05, 3.63) is 82.5 Å². The molecule has 1 N–H and O–H groups in total. The molecule has 1 aliphatic heterocycles. The van der Waals surface area contributed by atoms with E-state index in [1.165, 1.54) is 16.7 Å². The zero-order chi connectivity index (χ0) is 24.5. The number of carbonyl (C=O) groups excluding carboxylic acids is 1. The van der Waals surface area contributed by atoms with E-state index in [0.717, 1.165) is 59.9 Å². The van der Waals surface area contributed by atoms with E-state index in [2.05, 4.69) is 85.6 Å². The lowest BCUT2D eigenvalue weighted by Crippen LogP contribution is -2.41. The van der Waals surface area contributed by atoms with E-state index in [1.807, 2.05) is 11.4 Å². The molecule has 0 bridgehead atoms. The molecule has 2 aromatic carbocycles. The number of nitrogens with zero attached hydrogens (tertiary/aromatic N) is 4. The highest BCUT2D eigenvalue weighted by atomic mass is 16.1. The van der Waals surface area contributed by atoms with E-state index in [9.17, 15) is 4.79 Å². The van der Waals surface area contributed by atoms with Crippen molar-refractivity contribution in [2.24, 2.45) is 5.92 Å². The third kappa shape index (κ3) is 5.06. The van der Waals surface area contributed by atoms with Crippen molar-refractivity contribution in [2.75, 3.05) is 18.0 Å². The molecule has 6 nitrogen and oxygen atoms in total. The first-order valence-electron chi connectivity index (χ1n) is 12.4. The zero-order valence-corrected chi connectivity index (χ0v) is 21.0. The lowest BCUT2D eigenvalue weighted by Gasteiger charge is -2.33. The summed E-state index contributed by atoms with van der Waals surface area (Å²) in [4.78, 5) is 19.9. The second-order valence-corrected chi connectivity index (χ2v) is 9.90. The van der Waals surface area contributed by atoms with Gasteiger partial charge in [0.15, 0.2) is 5.65 Å². The number of amides is 1. The zero-order valence-electron chi connectivity index (χ0n) is 21.0. The Bertz CT molecular complexity index is 1340. The van der Waals surface area contributed by atoms with E-state index in [4.69, 9.17) is 10.1 Å². The van der Waals surface area contributed by atoms with Crippen LogP contribution in [0.5, 0.6) is 0 Å². The molecule has 1 aliphatic rings. The van der Waals surface area contributed by atoms with Gasteiger partial charge in [0.05, 0.1) is 5.69 Å². The molecular formula is C29H33N5O. The number of hydrogen-bond donors (Lipinski definition) is 1. The van der Waals surface area contributed by atoms with Crippen LogP contribution in [0.1, 0.15) is 40.8 Å². The molecule has 180 valence electrons. The number of rotatable bonds is 5. The third-order valence-corrected chi connectivity index (χ3v) is 6.83. The molecule has 5 rings (SSSR count). The molecule has 1 saturated heterocycles. The number of aryl methyl sites for hydroxylation is 4. The summed E-state index contributed by atoms with van der Waals surface area (Å²) in [6, 6.07) is 19.0. The van der Waals surface area contributed by atoms with E-state index in [-0.39, 0.29) is 11.8 Å². The highest BCUT2D eigenvalue weighted by Gasteiger charge is 2.26. The van der Waals surface area contributed by atoms with E-state index in [1.54, 1.807) is 0 Å². The molecule has 0 spiro atoms. The number of nitrogens with one attached hydrogen (secondary N) is 1. The van der Waals surface area contributed by atoms with Gasteiger partial charge in [0.2, 0.25) is 5.91 Å². The van der Waals surface area contributed by atoms with Crippen LogP contribution in [-0.2, 0) is 11.3 Å². The quantitative estimate of drug-likeness (QED) is 0.440. The molecule has 35 heavy (non-hydrogen) atoms. The van der Waals surface area contributed by atoms with Gasteiger partial charge in [0.25, 0.3) is 0 Å². The number of fused-ring (bicyclic) bond motifs is 1. The van der Waals surface area contributed by atoms with E-state index >= 15 is 0 Å². The predicted octanol–water partition coefficient (Wildman–Crippen LogP) is 5.16. The smallest absolute Gasteiger partial charge is 0.223 e. The number of piperidine rings is 1. The number of aromatic nitrogens is 3. The van der Waals surface area contributed by atoms with Crippen LogP contribution in [-0.4, -0.2) is 33.6 Å². The van der Waals surface area contributed by atoms with E-state index in [0.29, 0.717) is 6.54 Å². The molecule has 0 radical (unpaired) electrons. The summed E-state index contributed by atoms with van der Waals surface area (Å²) in [6.07, 6.45) is 1.65. The van der Waals surface area contributed by atoms with Crippen molar-refractivity contribution in [2.45, 2.75) is 47.1 Å². The Morgan fingerprint density at radius 3 is 2.29 bits per heavy atom. The third-order valence-electron chi connectivity index (χ3n) is 6.83. The Morgan fingerprint density at radius 2 is 1.60 bits per heavy atom. The fourth-order valence-electron chi connectivity index (χ4n) is 4.98. The summed E-state index contributed by atoms with van der Waals surface area (Å²) in [7, 11) is 0. The van der Waals surface area contributed by atoms with Gasteiger partial charge in [-0.05, 0) is 58.2 Å². The Morgan fingerprint density at radius 1 is 0.914 bits per heavy atom. The van der Waals surface area contributed by atoms with Crippen LogP contribution in [0.3, 0.4) is 0 Å². The normalized spacial score (nSPS) is 14.5. The number of anilines is 1. The highest BCUT2D eigenvalue weighted by Crippen LogP contribution is 2.28. The Hall–Kier alpha value is -3.67. The summed E-state index contributed by atoms with van der Waals surface area (Å²) in [5, 5.41) is 8.06. The molecule has 0 aliphatic carbocycles. The number of benzene rings is 2. The molecule has 6 heteroatoms. The van der Waals surface area contributed by atoms with Crippen molar-refractivity contribution in [3.63, 3.8) is 0 Å². The molecule has 0 saturated carbocycles. The van der Waals surface area contributed by atoms with Crippen molar-refractivity contribution >= 4 is 17.4 Å². The first kappa shape index (κ1) is 23.1. The summed E-state index contributed by atoms with van der Waals surface area (Å²) in [5.74, 6) is 1.23. The first-order valence-corrected chi connectivity index (χ1v) is 12.4. The Labute approximate surface area is 207 Å². The van der Waals surface area contributed by atoms with Gasteiger partial charge in [-0.1, -0.05) is 47.0 Å². The molecule has 0 atom stereocenters. The van der Waals surface area contributed by atoms with E-state index < -0.39 is 0 Å². The van der Waals surface area contributed by atoms with Crippen LogP contribution in [0.25, 0.3) is 16.9 Å². The molecule has 1 amide bonds. The number of carbonyl (C=O) groups is 1. The maximum absolute atomic E-state index is 12.8. The average Bonchev–Trinajstić information content (AvgIpc) is 3.26. The lowest BCUT2D eigenvalue weighted by molar-refractivity contribution is -0.125. The average molecular weight is 468 g/mol. The Balaban J connectivity index is 1.30. The standard InChI is InChI=1S/C29H33N5O/c1-19-5-7-23(8-6-19)18-30-29(35)24-9-11-33(12-10-24)28-16-22(4)31-27-17-26(32-34(27)28)25-14-20(2)13-21(3)15-25/h5-8,13-17,24H,9-12,18H2,1-4H3,(H,30,35). The molecule has 2 aromatic heterocycles. The monoisotopic (exact) mass is 467 g/mol. The van der Waals surface area contributed by atoms with Crippen LogP contribution >= 0.6 is 0 Å². The number of hydrogen-bond acceptors (Lipinski definition) is 4. The van der Waals surface area contributed by atoms with Gasteiger partial charge in [-0.15, -0.1) is 0 Å². The first-order chi connectivity index (χ1) is 16.9. The maximum Gasteiger partial charge on any atom is 0.223 e. The summed E-state index contributed by atoms with van der Waals surface area (Å²) in [6.45, 7) is 10.5. The van der Waals surface area contributed by atoms with Crippen molar-refractivity contribution in [1.29, 1.82) is 0 Å². The second kappa shape index (κ2) is 9.53. The predicted molar refractivity (Wildman–Crippen MR) is 141 cm³/mol. The van der Waals surface area contributed by atoms with Crippen molar-refractivity contribution in [1.82, 2.24) is 19.9 Å². The van der Waals surface area contributed by atoms with Crippen LogP contribution < -0.4 is 10.2 Å². The van der Waals surface area contributed by atoms with Gasteiger partial charge >= 0.3 is 0 Å². The highest BCUT2D eigenvalue weighted by molar-refractivity contribution is 5.79. The van der Waals surface area contributed by atoms with Gasteiger partial charge in [-0.25, -0.2) is 4.98 Å². The Kier molecular flexibility index (Phi) is 6.29. The van der Waals surface area contributed by atoms with Gasteiger partial charge in [0.1, 0.15) is 5.82 Å². The van der Waals surface area contributed by atoms with Crippen molar-refractivity contribution < 1.29 is 4.79 Å². The van der Waals surface area contributed by atoms with Gasteiger partial charge in [0, 0.05) is 48.9 Å². The largest absolute Gasteiger partial charge is 0.356 e. The molecular weight excluding hydrogens is 434 g/mol. The summed E-state index contributed by atoms with van der Waals surface area (Å²) in [5.41, 5.74) is 8.68. The molecule has 3 heterocycles. The lowest BCUT2D eigenvalue weighted by atomic mass is 9.95. The minimum Gasteiger partial charge on any atom is -0.356 e. The SMILES string of the molecule is Cc1ccc(CNC(=O)C2CCN(c3cc(C)nc4cc(-c5cc(C)cc(C)c5)nn34)CC2)cc1. The molecule has 0 unspecified atom stereocenters. The minimum atomic E-state index is 0.0403. The van der Waals surface area contributed by atoms with Crippen LogP contribution in [0.2, 0.25) is 0 Å². The fraction of sp³-hybridized carbons (Fsp3) is 0.345. The van der Waals surface area contributed by atoms with Gasteiger partial charge in [-0.2, -0.15) is 9.61 Å². The maximum atomic E-state index is 12.8. The summed E-state index contributed by atoms with van der Waals surface area (Å²) < 4.78 is 1.96. The van der Waals surface area contributed by atoms with Crippen LogP contribution in [0.15, 0.2) is 54.6 Å². The topological polar surface area (TPSA) is 62.5 Å². The van der Waals surface area contributed by atoms with Crippen LogP contribution in [0, 0.1) is 33.6 Å². The van der Waals surface area contributed by atoms with Crippen LogP contribution in [0.4, 0.5) is 5.82 Å². The van der Waals surface area contributed by atoms with Gasteiger partial charge in [-0.3, -0.25) is 4.79 Å². The fourth-order valence-corrected chi connectivity index (χ4v) is 4.98. The van der Waals surface area contributed by atoms with Crippen molar-refractivity contribution in [3.8, 4) is 11.3 Å².